The average Bonchev–Trinajstić information content (AvgIpc) is 3.31. The summed E-state index contributed by atoms with van der Waals surface area (Å²) in [6, 6.07) is 12.9. The van der Waals surface area contributed by atoms with Crippen LogP contribution in [0.15, 0.2) is 60.8 Å². The number of nitrogens with zero attached hydrogens (tertiary/aromatic N) is 3. The van der Waals surface area contributed by atoms with E-state index in [4.69, 9.17) is 4.74 Å². The maximum atomic E-state index is 14.0. The Morgan fingerprint density at radius 3 is 2.44 bits per heavy atom. The van der Waals surface area contributed by atoms with Gasteiger partial charge in [-0.15, -0.1) is 0 Å². The molecule has 0 saturated heterocycles. The Kier molecular flexibility index (Phi) is 8.05. The summed E-state index contributed by atoms with van der Waals surface area (Å²) in [5, 5.41) is 6.62. The van der Waals surface area contributed by atoms with E-state index < -0.39 is 42.0 Å². The summed E-state index contributed by atoms with van der Waals surface area (Å²) in [6.07, 6.45) is -1.16. The number of amides is 1. The number of hydrogen-bond donors (Lipinski definition) is 1. The highest BCUT2D eigenvalue weighted by Crippen LogP contribution is 2.36. The van der Waals surface area contributed by atoms with Crippen LogP contribution in [0.3, 0.4) is 0 Å². The summed E-state index contributed by atoms with van der Waals surface area (Å²) in [4.78, 5) is 17.9. The molecular weight excluding hydrogens is 543 g/mol. The molecule has 2 heterocycles. The minimum absolute atomic E-state index is 0.0222. The second-order valence-electron chi connectivity index (χ2n) is 9.90. The summed E-state index contributed by atoms with van der Waals surface area (Å²) in [6.45, 7) is -0.447. The van der Waals surface area contributed by atoms with Crippen molar-refractivity contribution in [2.75, 3.05) is 7.11 Å². The predicted molar refractivity (Wildman–Crippen MR) is 141 cm³/mol. The molecule has 0 bridgehead atoms. The lowest BCUT2D eigenvalue weighted by Gasteiger charge is -2.22. The van der Waals surface area contributed by atoms with E-state index in [1.165, 1.54) is 6.20 Å². The first kappa shape index (κ1) is 28.3. The molecule has 1 amide bonds. The van der Waals surface area contributed by atoms with Crippen molar-refractivity contribution in [2.24, 2.45) is 0 Å². The molecular formula is C30H27F5N4O2. The smallest absolute Gasteiger partial charge is 0.435 e. The van der Waals surface area contributed by atoms with Gasteiger partial charge in [-0.05, 0) is 73.6 Å². The molecule has 0 spiro atoms. The molecule has 1 unspecified atom stereocenters. The summed E-state index contributed by atoms with van der Waals surface area (Å²) < 4.78 is 75.4. The van der Waals surface area contributed by atoms with Gasteiger partial charge in [0.05, 0.1) is 18.8 Å². The van der Waals surface area contributed by atoms with Crippen molar-refractivity contribution >= 4 is 5.91 Å². The van der Waals surface area contributed by atoms with Crippen molar-refractivity contribution in [2.45, 2.75) is 50.9 Å². The van der Waals surface area contributed by atoms with Crippen molar-refractivity contribution in [1.29, 1.82) is 0 Å². The molecule has 0 saturated carbocycles. The highest BCUT2D eigenvalue weighted by molar-refractivity contribution is 5.77. The topological polar surface area (TPSA) is 69.0 Å². The number of pyridine rings is 1. The van der Waals surface area contributed by atoms with Crippen molar-refractivity contribution in [1.82, 2.24) is 20.1 Å². The van der Waals surface area contributed by atoms with E-state index >= 15 is 0 Å². The first-order valence-electron chi connectivity index (χ1n) is 13.1. The standard InChI is InChI=1S/C30H27F5N4O2/c1-41-22-10-8-19(9-11-22)23-6-4-12-36-28(23)25(15-18-13-20(31)16-21(32)14-18)37-27(40)17-39-26-7-3-2-5-24(26)29(38-39)30(33,34)35/h4,6,8-14,16,25H,2-3,5,7,15,17H2,1H3,(H,37,40). The van der Waals surface area contributed by atoms with Gasteiger partial charge in [-0.25, -0.2) is 8.78 Å². The molecule has 11 heteroatoms. The van der Waals surface area contributed by atoms with Crippen LogP contribution in [0, 0.1) is 11.6 Å². The first-order chi connectivity index (χ1) is 19.6. The predicted octanol–water partition coefficient (Wildman–Crippen LogP) is 6.23. The number of fused-ring (bicyclic) bond motifs is 1. The molecule has 41 heavy (non-hydrogen) atoms. The SMILES string of the molecule is COc1ccc(-c2cccnc2C(Cc2cc(F)cc(F)c2)NC(=O)Cn2nc(C(F)(F)F)c3c2CCCC3)cc1. The Balaban J connectivity index is 1.49. The van der Waals surface area contributed by atoms with E-state index in [0.29, 0.717) is 42.0 Å². The number of benzene rings is 2. The third kappa shape index (κ3) is 6.39. The van der Waals surface area contributed by atoms with Gasteiger partial charge in [0.15, 0.2) is 5.69 Å². The minimum atomic E-state index is -4.63. The lowest BCUT2D eigenvalue weighted by Crippen LogP contribution is -2.34. The maximum absolute atomic E-state index is 14.0. The second kappa shape index (κ2) is 11.7. The van der Waals surface area contributed by atoms with E-state index in [0.717, 1.165) is 28.4 Å². The van der Waals surface area contributed by atoms with Gasteiger partial charge in [0.1, 0.15) is 23.9 Å². The zero-order valence-corrected chi connectivity index (χ0v) is 22.1. The minimum Gasteiger partial charge on any atom is -0.497 e. The van der Waals surface area contributed by atoms with Crippen LogP contribution in [0.1, 0.15) is 47.1 Å². The Hall–Kier alpha value is -4.28. The fourth-order valence-corrected chi connectivity index (χ4v) is 5.30. The molecule has 5 rings (SSSR count). The number of halogens is 5. The average molecular weight is 571 g/mol. The van der Waals surface area contributed by atoms with Crippen LogP contribution < -0.4 is 10.1 Å². The van der Waals surface area contributed by atoms with Crippen molar-refractivity contribution < 1.29 is 31.5 Å². The van der Waals surface area contributed by atoms with Crippen LogP contribution in [0.25, 0.3) is 11.1 Å². The maximum Gasteiger partial charge on any atom is 0.435 e. The number of hydrogen-bond acceptors (Lipinski definition) is 4. The van der Waals surface area contributed by atoms with Gasteiger partial charge >= 0.3 is 6.18 Å². The molecule has 0 fully saturated rings. The monoisotopic (exact) mass is 570 g/mol. The molecule has 2 aromatic heterocycles. The highest BCUT2D eigenvalue weighted by atomic mass is 19.4. The summed E-state index contributed by atoms with van der Waals surface area (Å²) in [7, 11) is 1.54. The molecule has 1 N–H and O–H groups in total. The van der Waals surface area contributed by atoms with Gasteiger partial charge in [0.25, 0.3) is 0 Å². The molecule has 1 atom stereocenters. The number of ether oxygens (including phenoxy) is 1. The zero-order valence-electron chi connectivity index (χ0n) is 22.1. The van der Waals surface area contributed by atoms with Gasteiger partial charge in [0, 0.05) is 29.1 Å². The summed E-state index contributed by atoms with van der Waals surface area (Å²) in [5.41, 5.74) is 1.69. The molecule has 4 aromatic rings. The number of methoxy groups -OCH3 is 1. The van der Waals surface area contributed by atoms with E-state index in [-0.39, 0.29) is 24.0 Å². The fourth-order valence-electron chi connectivity index (χ4n) is 5.30. The normalized spacial score (nSPS) is 13.9. The molecule has 0 radical (unpaired) electrons. The van der Waals surface area contributed by atoms with Gasteiger partial charge in [-0.3, -0.25) is 14.5 Å². The number of carbonyl (C=O) groups excluding carboxylic acids is 1. The number of carbonyl (C=O) groups is 1. The highest BCUT2D eigenvalue weighted by Gasteiger charge is 2.39. The Labute approximate surface area is 233 Å². The molecule has 2 aromatic carbocycles. The lowest BCUT2D eigenvalue weighted by atomic mass is 9.95. The van der Waals surface area contributed by atoms with Crippen LogP contribution in [-0.4, -0.2) is 27.8 Å². The van der Waals surface area contributed by atoms with Gasteiger partial charge in [-0.2, -0.15) is 18.3 Å². The van der Waals surface area contributed by atoms with Gasteiger partial charge in [0.2, 0.25) is 5.91 Å². The van der Waals surface area contributed by atoms with Crippen LogP contribution in [0.2, 0.25) is 0 Å². The van der Waals surface area contributed by atoms with E-state index in [2.05, 4.69) is 15.4 Å². The molecule has 6 nitrogen and oxygen atoms in total. The van der Waals surface area contributed by atoms with Crippen LogP contribution in [-0.2, 0) is 36.8 Å². The van der Waals surface area contributed by atoms with Crippen LogP contribution in [0.5, 0.6) is 5.75 Å². The van der Waals surface area contributed by atoms with Gasteiger partial charge < -0.3 is 10.1 Å². The Bertz CT molecular complexity index is 1530. The summed E-state index contributed by atoms with van der Waals surface area (Å²) >= 11 is 0. The van der Waals surface area contributed by atoms with E-state index in [1.807, 2.05) is 12.1 Å². The Morgan fingerprint density at radius 2 is 1.76 bits per heavy atom. The number of rotatable bonds is 8. The molecule has 1 aliphatic carbocycles. The van der Waals surface area contributed by atoms with Crippen LogP contribution >= 0.6 is 0 Å². The van der Waals surface area contributed by atoms with E-state index in [1.54, 1.807) is 31.4 Å². The fraction of sp³-hybridized carbons (Fsp3) is 0.300. The van der Waals surface area contributed by atoms with Crippen LogP contribution in [0.4, 0.5) is 22.0 Å². The van der Waals surface area contributed by atoms with Crippen molar-refractivity contribution in [3.05, 3.63) is 101 Å². The Morgan fingerprint density at radius 1 is 1.05 bits per heavy atom. The van der Waals surface area contributed by atoms with E-state index in [9.17, 15) is 26.7 Å². The second-order valence-corrected chi connectivity index (χ2v) is 9.90. The molecule has 1 aliphatic rings. The largest absolute Gasteiger partial charge is 0.497 e. The first-order valence-corrected chi connectivity index (χ1v) is 13.1. The number of nitrogens with one attached hydrogen (secondary N) is 1. The molecule has 214 valence electrons. The van der Waals surface area contributed by atoms with Crippen molar-refractivity contribution in [3.8, 4) is 16.9 Å². The zero-order chi connectivity index (χ0) is 29.1. The quantitative estimate of drug-likeness (QED) is 0.255. The number of aromatic nitrogens is 3. The van der Waals surface area contributed by atoms with Gasteiger partial charge in [-0.1, -0.05) is 18.2 Å². The van der Waals surface area contributed by atoms with Crippen molar-refractivity contribution in [3.63, 3.8) is 0 Å². The third-order valence-corrected chi connectivity index (χ3v) is 7.09. The lowest BCUT2D eigenvalue weighted by molar-refractivity contribution is -0.142. The number of alkyl halides is 3. The summed E-state index contributed by atoms with van der Waals surface area (Å²) in [5.74, 6) is -1.52. The molecule has 0 aliphatic heterocycles. The third-order valence-electron chi connectivity index (χ3n) is 7.09.